The van der Waals surface area contributed by atoms with Gasteiger partial charge in [-0.3, -0.25) is 15.6 Å². The van der Waals surface area contributed by atoms with E-state index in [9.17, 15) is 0 Å². The van der Waals surface area contributed by atoms with E-state index in [2.05, 4.69) is 20.9 Å². The van der Waals surface area contributed by atoms with Crippen LogP contribution >= 0.6 is 0 Å². The fraction of sp³-hybridized carbons (Fsp3) is 0.500. The Bertz CT molecular complexity index is 194. The zero-order valence-electron chi connectivity index (χ0n) is 5.59. The first-order chi connectivity index (χ1) is 4.97. The molecule has 2 aliphatic heterocycles. The lowest BCUT2D eigenvalue weighted by atomic mass is 10.3. The number of hydrogen-bond acceptors (Lipinski definition) is 3. The van der Waals surface area contributed by atoms with E-state index in [1.165, 1.54) is 0 Å². The van der Waals surface area contributed by atoms with Gasteiger partial charge in [0.25, 0.3) is 0 Å². The van der Waals surface area contributed by atoms with Gasteiger partial charge in [0, 0.05) is 12.8 Å². The van der Waals surface area contributed by atoms with Gasteiger partial charge in [0.05, 0.1) is 18.9 Å². The second kappa shape index (κ2) is 2.30. The van der Waals surface area contributed by atoms with Gasteiger partial charge in [-0.05, 0) is 0 Å². The Hall–Kier alpha value is -1.03. The average Bonchev–Trinajstić information content (AvgIpc) is 2.05. The first kappa shape index (κ1) is 5.73. The highest BCUT2D eigenvalue weighted by Gasteiger charge is 2.13. The maximum atomic E-state index is 4.20. The zero-order valence-corrected chi connectivity index (χ0v) is 5.59. The molecule has 0 fully saturated rings. The number of aliphatic imine (C=N–C) groups is 1. The van der Waals surface area contributed by atoms with Crippen LogP contribution < -0.4 is 16.0 Å². The molecule has 2 aliphatic rings. The van der Waals surface area contributed by atoms with Crippen LogP contribution in [0.3, 0.4) is 0 Å². The Morgan fingerprint density at radius 2 is 2.50 bits per heavy atom. The molecule has 0 atom stereocenters. The molecule has 0 unspecified atom stereocenters. The third kappa shape index (κ3) is 0.863. The molecular weight excluding hydrogens is 128 g/mol. The molecule has 0 amide bonds. The fourth-order valence-corrected chi connectivity index (χ4v) is 1.05. The minimum absolute atomic E-state index is 0.710. The van der Waals surface area contributed by atoms with E-state index in [1.807, 2.05) is 6.21 Å². The Labute approximate surface area is 59.4 Å². The molecule has 53 valence electrons. The molecule has 0 spiro atoms. The van der Waals surface area contributed by atoms with Gasteiger partial charge in [0.15, 0.2) is 0 Å². The van der Waals surface area contributed by atoms with Crippen LogP contribution in [0.5, 0.6) is 0 Å². The predicted molar refractivity (Wildman–Crippen MR) is 38.5 cm³/mol. The van der Waals surface area contributed by atoms with Crippen molar-refractivity contribution in [3.05, 3.63) is 11.5 Å². The molecule has 0 saturated heterocycles. The summed E-state index contributed by atoms with van der Waals surface area (Å²) in [6, 6.07) is 0. The van der Waals surface area contributed by atoms with Gasteiger partial charge in [0.1, 0.15) is 5.82 Å². The molecule has 1 radical (unpaired) electrons. The Kier molecular flexibility index (Phi) is 1.32. The lowest BCUT2D eigenvalue weighted by Gasteiger charge is -2.21. The Morgan fingerprint density at radius 1 is 1.50 bits per heavy atom. The van der Waals surface area contributed by atoms with Crippen LogP contribution in [0.4, 0.5) is 0 Å². The summed E-state index contributed by atoms with van der Waals surface area (Å²) in [5, 5.41) is 10.4. The molecule has 4 heteroatoms. The fourth-order valence-electron chi connectivity index (χ4n) is 1.05. The topological polar surface area (TPSA) is 50.5 Å². The van der Waals surface area contributed by atoms with E-state index in [1.54, 1.807) is 0 Å². The van der Waals surface area contributed by atoms with Crippen molar-refractivity contribution in [2.45, 2.75) is 0 Å². The van der Waals surface area contributed by atoms with Crippen molar-refractivity contribution < 1.29 is 0 Å². The second-order valence-corrected chi connectivity index (χ2v) is 2.23. The van der Waals surface area contributed by atoms with E-state index in [0.717, 1.165) is 24.6 Å². The second-order valence-electron chi connectivity index (χ2n) is 2.23. The maximum absolute atomic E-state index is 4.20. The molecule has 0 saturated carbocycles. The van der Waals surface area contributed by atoms with Crippen LogP contribution in [0.25, 0.3) is 0 Å². The van der Waals surface area contributed by atoms with E-state index in [-0.39, 0.29) is 0 Å². The molecule has 2 heterocycles. The molecule has 0 aromatic heterocycles. The van der Waals surface area contributed by atoms with Crippen molar-refractivity contribution >= 4 is 6.21 Å². The van der Waals surface area contributed by atoms with Gasteiger partial charge >= 0.3 is 0 Å². The molecule has 10 heavy (non-hydrogen) atoms. The van der Waals surface area contributed by atoms with Crippen molar-refractivity contribution in [3.8, 4) is 0 Å². The van der Waals surface area contributed by atoms with E-state index < -0.39 is 0 Å². The van der Waals surface area contributed by atoms with Crippen LogP contribution in [-0.2, 0) is 0 Å². The van der Waals surface area contributed by atoms with Gasteiger partial charge in [-0.15, -0.1) is 0 Å². The van der Waals surface area contributed by atoms with Gasteiger partial charge < -0.3 is 5.32 Å². The largest absolute Gasteiger partial charge is 0.364 e. The minimum Gasteiger partial charge on any atom is -0.364 e. The quantitative estimate of drug-likeness (QED) is 0.449. The maximum Gasteiger partial charge on any atom is 0.145 e. The molecule has 0 aliphatic carbocycles. The third-order valence-corrected chi connectivity index (χ3v) is 1.52. The molecule has 0 bridgehead atoms. The molecule has 0 aromatic carbocycles. The van der Waals surface area contributed by atoms with Crippen LogP contribution in [0.15, 0.2) is 16.5 Å². The summed E-state index contributed by atoms with van der Waals surface area (Å²) in [4.78, 5) is 4.19. The lowest BCUT2D eigenvalue weighted by molar-refractivity contribution is 0.563. The lowest BCUT2D eigenvalue weighted by Crippen LogP contribution is -2.39. The van der Waals surface area contributed by atoms with Crippen molar-refractivity contribution in [1.29, 1.82) is 0 Å². The summed E-state index contributed by atoms with van der Waals surface area (Å²) in [5.74, 6) is 0.959. The van der Waals surface area contributed by atoms with Gasteiger partial charge in [-0.25, -0.2) is 0 Å². The van der Waals surface area contributed by atoms with E-state index >= 15 is 0 Å². The third-order valence-electron chi connectivity index (χ3n) is 1.52. The van der Waals surface area contributed by atoms with E-state index in [0.29, 0.717) is 6.67 Å². The van der Waals surface area contributed by atoms with Crippen LogP contribution in [0, 0.1) is 0 Å². The summed E-state index contributed by atoms with van der Waals surface area (Å²) >= 11 is 0. The van der Waals surface area contributed by atoms with Crippen molar-refractivity contribution in [1.82, 2.24) is 16.0 Å². The Morgan fingerprint density at radius 3 is 3.40 bits per heavy atom. The van der Waals surface area contributed by atoms with E-state index in [4.69, 9.17) is 0 Å². The minimum atomic E-state index is 0.710. The highest BCUT2D eigenvalue weighted by molar-refractivity contribution is 5.63. The summed E-state index contributed by atoms with van der Waals surface area (Å²) in [5.41, 5.74) is 1.03. The van der Waals surface area contributed by atoms with Crippen molar-refractivity contribution in [2.24, 2.45) is 4.99 Å². The average molecular weight is 137 g/mol. The van der Waals surface area contributed by atoms with Gasteiger partial charge in [-0.2, -0.15) is 0 Å². The summed E-state index contributed by atoms with van der Waals surface area (Å²) in [6.45, 7) is 2.35. The number of hydrogen-bond donors (Lipinski definition) is 2. The highest BCUT2D eigenvalue weighted by Crippen LogP contribution is 2.05. The number of nitrogens with one attached hydrogen (secondary N) is 2. The normalized spacial score (nSPS) is 23.2. The van der Waals surface area contributed by atoms with Crippen LogP contribution in [0.2, 0.25) is 0 Å². The number of nitrogens with zero attached hydrogens (tertiary/aromatic N) is 2. The zero-order chi connectivity index (χ0) is 6.81. The first-order valence-electron chi connectivity index (χ1n) is 3.34. The van der Waals surface area contributed by atoms with Crippen molar-refractivity contribution in [2.75, 3.05) is 19.8 Å². The molecular formula is C6H9N4. The standard InChI is InChI=1S/C6H9N4/c1-2-9-6-5(8-1)3-7-4-10-6/h1,7,9H,2-4H2. The van der Waals surface area contributed by atoms with Gasteiger partial charge in [0.2, 0.25) is 0 Å². The summed E-state index contributed by atoms with van der Waals surface area (Å²) in [6.07, 6.45) is 1.86. The van der Waals surface area contributed by atoms with Gasteiger partial charge in [-0.1, -0.05) is 0 Å². The molecule has 2 rings (SSSR count). The highest BCUT2D eigenvalue weighted by atomic mass is 15.2. The monoisotopic (exact) mass is 137 g/mol. The van der Waals surface area contributed by atoms with Crippen molar-refractivity contribution in [3.63, 3.8) is 0 Å². The SMILES string of the molecule is C1=NC2=C([N]CNC2)NC1. The molecule has 4 nitrogen and oxygen atoms in total. The Balaban J connectivity index is 2.23. The number of rotatable bonds is 0. The first-order valence-corrected chi connectivity index (χ1v) is 3.34. The molecule has 0 aromatic rings. The smallest absolute Gasteiger partial charge is 0.145 e. The molecule has 2 N–H and O–H groups in total. The predicted octanol–water partition coefficient (Wildman–Crippen LogP) is -1.01. The summed E-state index contributed by atoms with van der Waals surface area (Å²) < 4.78 is 0. The summed E-state index contributed by atoms with van der Waals surface area (Å²) in [7, 11) is 0. The van der Waals surface area contributed by atoms with Crippen LogP contribution in [0.1, 0.15) is 0 Å². The van der Waals surface area contributed by atoms with Crippen LogP contribution in [-0.4, -0.2) is 26.0 Å².